The SMILES string of the molecule is Cc1cc2c(cc1[Si](C)(C)C)CCC2. The van der Waals surface area contributed by atoms with E-state index >= 15 is 0 Å². The molecular weight excluding hydrogens is 184 g/mol. The maximum absolute atomic E-state index is 2.50. The molecule has 0 nitrogen and oxygen atoms in total. The van der Waals surface area contributed by atoms with E-state index in [1.54, 1.807) is 16.3 Å². The smallest absolute Gasteiger partial charge is 0.0656 e. The lowest BCUT2D eigenvalue weighted by Gasteiger charge is -2.21. The summed E-state index contributed by atoms with van der Waals surface area (Å²) in [6.45, 7) is 9.61. The van der Waals surface area contributed by atoms with Crippen LogP contribution < -0.4 is 5.19 Å². The number of fused-ring (bicyclic) bond motifs is 1. The summed E-state index contributed by atoms with van der Waals surface area (Å²) in [4.78, 5) is 0. The van der Waals surface area contributed by atoms with Gasteiger partial charge in [0.1, 0.15) is 0 Å². The minimum absolute atomic E-state index is 1.12. The van der Waals surface area contributed by atoms with Crippen molar-refractivity contribution in [3.8, 4) is 0 Å². The highest BCUT2D eigenvalue weighted by Crippen LogP contribution is 2.23. The van der Waals surface area contributed by atoms with Crippen LogP contribution in [-0.4, -0.2) is 8.07 Å². The summed E-state index contributed by atoms with van der Waals surface area (Å²) in [5.41, 5.74) is 4.78. The van der Waals surface area contributed by atoms with Gasteiger partial charge in [0.25, 0.3) is 0 Å². The molecule has 76 valence electrons. The molecule has 0 fully saturated rings. The lowest BCUT2D eigenvalue weighted by atomic mass is 10.1. The Labute approximate surface area is 88.4 Å². The third kappa shape index (κ3) is 1.65. The van der Waals surface area contributed by atoms with Crippen LogP contribution >= 0.6 is 0 Å². The Morgan fingerprint density at radius 3 is 2.14 bits per heavy atom. The van der Waals surface area contributed by atoms with E-state index in [1.165, 1.54) is 24.8 Å². The molecule has 0 saturated heterocycles. The molecule has 1 aromatic rings. The van der Waals surface area contributed by atoms with Gasteiger partial charge in [0.2, 0.25) is 0 Å². The average molecular weight is 204 g/mol. The van der Waals surface area contributed by atoms with Crippen LogP contribution in [0.3, 0.4) is 0 Å². The Hall–Kier alpha value is -0.563. The Balaban J connectivity index is 2.53. The first-order chi connectivity index (χ1) is 6.48. The fourth-order valence-electron chi connectivity index (χ4n) is 2.56. The summed E-state index contributed by atoms with van der Waals surface area (Å²) in [7, 11) is -1.12. The second kappa shape index (κ2) is 3.23. The first-order valence-corrected chi connectivity index (χ1v) is 9.11. The number of hydrogen-bond donors (Lipinski definition) is 0. The van der Waals surface area contributed by atoms with Gasteiger partial charge in [-0.05, 0) is 37.3 Å². The molecule has 0 saturated carbocycles. The molecule has 0 amide bonds. The summed E-state index contributed by atoms with van der Waals surface area (Å²) in [6, 6.07) is 4.94. The third-order valence-corrected chi connectivity index (χ3v) is 5.40. The first-order valence-electron chi connectivity index (χ1n) is 5.61. The minimum atomic E-state index is -1.12. The molecule has 0 radical (unpaired) electrons. The number of aryl methyl sites for hydroxylation is 3. The lowest BCUT2D eigenvalue weighted by molar-refractivity contribution is 0.911. The molecule has 1 heteroatoms. The van der Waals surface area contributed by atoms with Crippen molar-refractivity contribution in [1.29, 1.82) is 0 Å². The Morgan fingerprint density at radius 1 is 1.00 bits per heavy atom. The molecule has 0 unspecified atom stereocenters. The van der Waals surface area contributed by atoms with E-state index in [4.69, 9.17) is 0 Å². The van der Waals surface area contributed by atoms with Crippen LogP contribution in [-0.2, 0) is 12.8 Å². The van der Waals surface area contributed by atoms with Gasteiger partial charge < -0.3 is 0 Å². The highest BCUT2D eigenvalue weighted by molar-refractivity contribution is 6.89. The highest BCUT2D eigenvalue weighted by Gasteiger charge is 2.21. The minimum Gasteiger partial charge on any atom is -0.0656 e. The van der Waals surface area contributed by atoms with E-state index in [2.05, 4.69) is 38.7 Å². The van der Waals surface area contributed by atoms with Crippen molar-refractivity contribution in [2.45, 2.75) is 45.8 Å². The summed E-state index contributed by atoms with van der Waals surface area (Å²) in [5.74, 6) is 0. The van der Waals surface area contributed by atoms with Crippen molar-refractivity contribution in [3.63, 3.8) is 0 Å². The van der Waals surface area contributed by atoms with Gasteiger partial charge in [0.15, 0.2) is 0 Å². The van der Waals surface area contributed by atoms with Gasteiger partial charge in [-0.25, -0.2) is 0 Å². The quantitative estimate of drug-likeness (QED) is 0.617. The van der Waals surface area contributed by atoms with Gasteiger partial charge >= 0.3 is 0 Å². The zero-order valence-electron chi connectivity index (χ0n) is 9.78. The average Bonchev–Trinajstić information content (AvgIpc) is 2.47. The van der Waals surface area contributed by atoms with Crippen LogP contribution in [0.25, 0.3) is 0 Å². The van der Waals surface area contributed by atoms with E-state index in [0.717, 1.165) is 0 Å². The Bertz CT molecular complexity index is 358. The fourth-order valence-corrected chi connectivity index (χ4v) is 4.42. The van der Waals surface area contributed by atoms with Crippen molar-refractivity contribution in [1.82, 2.24) is 0 Å². The number of rotatable bonds is 1. The van der Waals surface area contributed by atoms with Crippen molar-refractivity contribution in [2.24, 2.45) is 0 Å². The predicted octanol–water partition coefficient (Wildman–Crippen LogP) is 3.03. The molecule has 0 N–H and O–H groups in total. The Morgan fingerprint density at radius 2 is 1.57 bits per heavy atom. The summed E-state index contributed by atoms with van der Waals surface area (Å²) >= 11 is 0. The number of benzene rings is 1. The molecule has 0 heterocycles. The maximum atomic E-state index is 2.50. The second-order valence-electron chi connectivity index (χ2n) is 5.54. The first kappa shape index (κ1) is 9.97. The summed E-state index contributed by atoms with van der Waals surface area (Å²) < 4.78 is 0. The molecule has 0 atom stereocenters. The van der Waals surface area contributed by atoms with E-state index < -0.39 is 8.07 Å². The largest absolute Gasteiger partial charge is 0.0779 e. The lowest BCUT2D eigenvalue weighted by Crippen LogP contribution is -2.39. The molecule has 0 aromatic heterocycles. The van der Waals surface area contributed by atoms with Crippen LogP contribution in [0.15, 0.2) is 12.1 Å². The topological polar surface area (TPSA) is 0 Å². The molecule has 1 aliphatic rings. The van der Waals surface area contributed by atoms with Gasteiger partial charge in [-0.15, -0.1) is 0 Å². The van der Waals surface area contributed by atoms with Crippen molar-refractivity contribution >= 4 is 13.3 Å². The van der Waals surface area contributed by atoms with E-state index in [-0.39, 0.29) is 0 Å². The maximum Gasteiger partial charge on any atom is 0.0779 e. The van der Waals surface area contributed by atoms with Gasteiger partial charge in [0.05, 0.1) is 8.07 Å². The van der Waals surface area contributed by atoms with Crippen LogP contribution in [0.4, 0.5) is 0 Å². The molecule has 1 aromatic carbocycles. The van der Waals surface area contributed by atoms with Gasteiger partial charge in [-0.1, -0.05) is 42.5 Å². The zero-order chi connectivity index (χ0) is 10.3. The number of hydrogen-bond acceptors (Lipinski definition) is 0. The zero-order valence-corrected chi connectivity index (χ0v) is 10.8. The van der Waals surface area contributed by atoms with Gasteiger partial charge in [-0.3, -0.25) is 0 Å². The van der Waals surface area contributed by atoms with Gasteiger partial charge in [-0.2, -0.15) is 0 Å². The van der Waals surface area contributed by atoms with Crippen LogP contribution in [0.2, 0.25) is 19.6 Å². The van der Waals surface area contributed by atoms with Crippen molar-refractivity contribution < 1.29 is 0 Å². The highest BCUT2D eigenvalue weighted by atomic mass is 28.3. The molecular formula is C13H20Si. The molecule has 0 aliphatic heterocycles. The Kier molecular flexibility index (Phi) is 2.30. The van der Waals surface area contributed by atoms with Crippen molar-refractivity contribution in [3.05, 3.63) is 28.8 Å². The normalized spacial score (nSPS) is 15.7. The van der Waals surface area contributed by atoms with Crippen LogP contribution in [0.1, 0.15) is 23.1 Å². The summed E-state index contributed by atoms with van der Waals surface area (Å²) in [5, 5.41) is 1.66. The van der Waals surface area contributed by atoms with Gasteiger partial charge in [0, 0.05) is 0 Å². The molecule has 0 bridgehead atoms. The monoisotopic (exact) mass is 204 g/mol. The van der Waals surface area contributed by atoms with Crippen LogP contribution in [0.5, 0.6) is 0 Å². The van der Waals surface area contributed by atoms with E-state index in [9.17, 15) is 0 Å². The van der Waals surface area contributed by atoms with E-state index in [1.807, 2.05) is 0 Å². The molecule has 1 aliphatic carbocycles. The fraction of sp³-hybridized carbons (Fsp3) is 0.538. The standard InChI is InChI=1S/C13H20Si/c1-10-8-11-6-5-7-12(11)9-13(10)14(2,3)4/h8-9H,5-7H2,1-4H3. The van der Waals surface area contributed by atoms with Crippen LogP contribution in [0, 0.1) is 6.92 Å². The summed E-state index contributed by atoms with van der Waals surface area (Å²) in [6.07, 6.45) is 3.99. The molecule has 2 rings (SSSR count). The molecule has 14 heavy (non-hydrogen) atoms. The second-order valence-corrected chi connectivity index (χ2v) is 10.6. The molecule has 0 spiro atoms. The van der Waals surface area contributed by atoms with Crippen molar-refractivity contribution in [2.75, 3.05) is 0 Å². The van der Waals surface area contributed by atoms with E-state index in [0.29, 0.717) is 0 Å². The predicted molar refractivity (Wildman–Crippen MR) is 66.2 cm³/mol. The third-order valence-electron chi connectivity index (χ3n) is 3.25.